The lowest BCUT2D eigenvalue weighted by molar-refractivity contribution is 0.299. The maximum Gasteiger partial charge on any atom is 0.176 e. The molecule has 84 valence electrons. The molecule has 2 N–H and O–H groups in total. The molecule has 2 rings (SSSR count). The predicted molar refractivity (Wildman–Crippen MR) is 63.4 cm³/mol. The molecule has 16 heavy (non-hydrogen) atoms. The van der Waals surface area contributed by atoms with Crippen molar-refractivity contribution >= 4 is 17.0 Å². The third-order valence-corrected chi connectivity index (χ3v) is 2.51. The molecule has 1 heterocycles. The molecule has 0 spiro atoms. The SMILES string of the molecule is C/C=C/c1oc2c(O)cccc2c1CCO. The van der Waals surface area contributed by atoms with Crippen molar-refractivity contribution in [1.29, 1.82) is 0 Å². The monoisotopic (exact) mass is 218 g/mol. The summed E-state index contributed by atoms with van der Waals surface area (Å²) >= 11 is 0. The average molecular weight is 218 g/mol. The Morgan fingerprint density at radius 3 is 2.88 bits per heavy atom. The van der Waals surface area contributed by atoms with Crippen molar-refractivity contribution in [2.24, 2.45) is 0 Å². The third-order valence-electron chi connectivity index (χ3n) is 2.51. The van der Waals surface area contributed by atoms with Gasteiger partial charge in [0.15, 0.2) is 11.3 Å². The Balaban J connectivity index is 2.70. The topological polar surface area (TPSA) is 53.6 Å². The van der Waals surface area contributed by atoms with Gasteiger partial charge in [0.2, 0.25) is 0 Å². The van der Waals surface area contributed by atoms with Crippen molar-refractivity contribution in [2.45, 2.75) is 13.3 Å². The summed E-state index contributed by atoms with van der Waals surface area (Å²) in [5.41, 5.74) is 1.42. The molecule has 2 aromatic rings. The van der Waals surface area contributed by atoms with E-state index in [-0.39, 0.29) is 12.4 Å². The van der Waals surface area contributed by atoms with Gasteiger partial charge >= 0.3 is 0 Å². The Bertz CT molecular complexity index is 523. The fourth-order valence-corrected chi connectivity index (χ4v) is 1.83. The minimum absolute atomic E-state index is 0.0643. The summed E-state index contributed by atoms with van der Waals surface area (Å²) in [6.45, 7) is 1.96. The second-order valence-corrected chi connectivity index (χ2v) is 3.57. The van der Waals surface area contributed by atoms with Crippen LogP contribution in [-0.4, -0.2) is 16.8 Å². The number of para-hydroxylation sites is 1. The Labute approximate surface area is 93.6 Å². The molecule has 0 saturated carbocycles. The Morgan fingerprint density at radius 1 is 1.38 bits per heavy atom. The first-order valence-corrected chi connectivity index (χ1v) is 5.25. The van der Waals surface area contributed by atoms with Crippen molar-refractivity contribution < 1.29 is 14.6 Å². The number of rotatable bonds is 3. The van der Waals surface area contributed by atoms with Crippen molar-refractivity contribution in [3.63, 3.8) is 0 Å². The molecule has 0 bridgehead atoms. The van der Waals surface area contributed by atoms with Crippen LogP contribution in [0.5, 0.6) is 5.75 Å². The number of aromatic hydroxyl groups is 1. The molecule has 1 aromatic carbocycles. The number of phenols is 1. The summed E-state index contributed by atoms with van der Waals surface area (Å²) in [5, 5.41) is 19.6. The van der Waals surface area contributed by atoms with Gasteiger partial charge in [0, 0.05) is 17.6 Å². The Hall–Kier alpha value is -1.74. The molecule has 0 unspecified atom stereocenters. The summed E-state index contributed by atoms with van der Waals surface area (Å²) in [7, 11) is 0. The summed E-state index contributed by atoms with van der Waals surface area (Å²) in [4.78, 5) is 0. The molecule has 0 radical (unpaired) electrons. The Kier molecular flexibility index (Phi) is 2.97. The average Bonchev–Trinajstić information content (AvgIpc) is 2.61. The first kappa shape index (κ1) is 10.8. The molecular weight excluding hydrogens is 204 g/mol. The van der Waals surface area contributed by atoms with Gasteiger partial charge in [-0.15, -0.1) is 0 Å². The first-order valence-electron chi connectivity index (χ1n) is 5.25. The van der Waals surface area contributed by atoms with Crippen LogP contribution in [0.25, 0.3) is 17.0 Å². The number of hydrogen-bond donors (Lipinski definition) is 2. The number of hydrogen-bond acceptors (Lipinski definition) is 3. The number of aliphatic hydroxyl groups is 1. The van der Waals surface area contributed by atoms with Gasteiger partial charge in [0.25, 0.3) is 0 Å². The van der Waals surface area contributed by atoms with Gasteiger partial charge in [-0.05, 0) is 25.5 Å². The summed E-state index contributed by atoms with van der Waals surface area (Å²) in [6, 6.07) is 5.25. The van der Waals surface area contributed by atoms with Crippen LogP contribution in [-0.2, 0) is 6.42 Å². The van der Waals surface area contributed by atoms with Crippen LogP contribution < -0.4 is 0 Å². The van der Waals surface area contributed by atoms with Gasteiger partial charge < -0.3 is 14.6 Å². The van der Waals surface area contributed by atoms with Crippen molar-refractivity contribution in [3.05, 3.63) is 35.6 Å². The molecule has 3 nitrogen and oxygen atoms in total. The van der Waals surface area contributed by atoms with E-state index in [0.717, 1.165) is 10.9 Å². The van der Waals surface area contributed by atoms with Gasteiger partial charge in [0.1, 0.15) is 5.76 Å². The van der Waals surface area contributed by atoms with Gasteiger partial charge in [-0.25, -0.2) is 0 Å². The maximum atomic E-state index is 9.67. The number of aliphatic hydroxyl groups excluding tert-OH is 1. The quantitative estimate of drug-likeness (QED) is 0.832. The van der Waals surface area contributed by atoms with Crippen molar-refractivity contribution in [1.82, 2.24) is 0 Å². The molecule has 0 aliphatic heterocycles. The van der Waals surface area contributed by atoms with E-state index in [1.54, 1.807) is 12.1 Å². The second-order valence-electron chi connectivity index (χ2n) is 3.57. The Morgan fingerprint density at radius 2 is 2.19 bits per heavy atom. The van der Waals surface area contributed by atoms with E-state index in [2.05, 4.69) is 0 Å². The highest BCUT2D eigenvalue weighted by Crippen LogP contribution is 2.32. The smallest absolute Gasteiger partial charge is 0.176 e. The van der Waals surface area contributed by atoms with Crippen LogP contribution in [0.4, 0.5) is 0 Å². The fourth-order valence-electron chi connectivity index (χ4n) is 1.83. The summed E-state index contributed by atoms with van der Waals surface area (Å²) < 4.78 is 5.58. The largest absolute Gasteiger partial charge is 0.504 e. The van der Waals surface area contributed by atoms with Crippen LogP contribution in [0.1, 0.15) is 18.2 Å². The minimum atomic E-state index is 0.0643. The van der Waals surface area contributed by atoms with Crippen LogP contribution in [0.15, 0.2) is 28.7 Å². The van der Waals surface area contributed by atoms with Gasteiger partial charge in [0.05, 0.1) is 0 Å². The number of phenolic OH excluding ortho intramolecular Hbond substituents is 1. The number of furan rings is 1. The van der Waals surface area contributed by atoms with Gasteiger partial charge in [-0.1, -0.05) is 18.2 Å². The minimum Gasteiger partial charge on any atom is -0.504 e. The summed E-state index contributed by atoms with van der Waals surface area (Å²) in [6.07, 6.45) is 4.23. The van der Waals surface area contributed by atoms with Crippen molar-refractivity contribution in [3.8, 4) is 5.75 Å². The van der Waals surface area contributed by atoms with E-state index in [4.69, 9.17) is 9.52 Å². The van der Waals surface area contributed by atoms with Crippen LogP contribution in [0.3, 0.4) is 0 Å². The molecule has 0 atom stereocenters. The van der Waals surface area contributed by atoms with Gasteiger partial charge in [-0.3, -0.25) is 0 Å². The first-order chi connectivity index (χ1) is 7.77. The molecule has 1 aromatic heterocycles. The highest BCUT2D eigenvalue weighted by Gasteiger charge is 2.13. The number of benzene rings is 1. The zero-order valence-corrected chi connectivity index (χ0v) is 9.10. The number of fused-ring (bicyclic) bond motifs is 1. The van der Waals surface area contributed by atoms with Crippen molar-refractivity contribution in [2.75, 3.05) is 6.61 Å². The highest BCUT2D eigenvalue weighted by atomic mass is 16.4. The summed E-state index contributed by atoms with van der Waals surface area (Å²) in [5.74, 6) is 0.834. The predicted octanol–water partition coefficient (Wildman–Crippen LogP) is 2.71. The van der Waals surface area contributed by atoms with E-state index >= 15 is 0 Å². The molecule has 0 aliphatic carbocycles. The highest BCUT2D eigenvalue weighted by molar-refractivity contribution is 5.88. The lowest BCUT2D eigenvalue weighted by atomic mass is 10.1. The lowest BCUT2D eigenvalue weighted by Crippen LogP contribution is -1.90. The zero-order chi connectivity index (χ0) is 11.5. The van der Waals surface area contributed by atoms with E-state index in [1.807, 2.05) is 25.1 Å². The van der Waals surface area contributed by atoms with Gasteiger partial charge in [-0.2, -0.15) is 0 Å². The molecule has 0 aliphatic rings. The van der Waals surface area contributed by atoms with E-state index < -0.39 is 0 Å². The molecular formula is C13H14O3. The number of allylic oxidation sites excluding steroid dienone is 1. The molecule has 0 fully saturated rings. The van der Waals surface area contributed by atoms with E-state index in [9.17, 15) is 5.11 Å². The molecule has 0 amide bonds. The van der Waals surface area contributed by atoms with Crippen LogP contribution in [0.2, 0.25) is 0 Å². The fraction of sp³-hybridized carbons (Fsp3) is 0.231. The molecule has 3 heteroatoms. The van der Waals surface area contributed by atoms with Crippen LogP contribution >= 0.6 is 0 Å². The maximum absolute atomic E-state index is 9.67. The second kappa shape index (κ2) is 4.41. The van der Waals surface area contributed by atoms with Crippen LogP contribution in [0, 0.1) is 0 Å². The molecule has 0 saturated heterocycles. The lowest BCUT2D eigenvalue weighted by Gasteiger charge is -1.96. The third kappa shape index (κ3) is 1.70. The standard InChI is InChI=1S/C13H14O3/c1-2-4-12-9(7-8-14)10-5-3-6-11(15)13(10)16-12/h2-6,14-15H,7-8H2,1H3/b4-2+. The van der Waals surface area contributed by atoms with E-state index in [0.29, 0.717) is 17.8 Å². The zero-order valence-electron chi connectivity index (χ0n) is 9.10. The van der Waals surface area contributed by atoms with E-state index in [1.165, 1.54) is 0 Å². The normalized spacial score (nSPS) is 11.6.